The number of urea groups is 1. The molecule has 1 N–H and O–H groups in total. The van der Waals surface area contributed by atoms with Crippen LogP contribution in [0.3, 0.4) is 0 Å². The average molecular weight is 343 g/mol. The van der Waals surface area contributed by atoms with E-state index in [0.717, 1.165) is 22.3 Å². The molecule has 0 aliphatic carbocycles. The molecule has 1 unspecified atom stereocenters. The van der Waals surface area contributed by atoms with Crippen LogP contribution in [-0.4, -0.2) is 43.8 Å². The Kier molecular flexibility index (Phi) is 5.25. The highest BCUT2D eigenvalue weighted by atomic mass is 79.9. The van der Waals surface area contributed by atoms with E-state index < -0.39 is 0 Å². The van der Waals surface area contributed by atoms with Crippen LogP contribution in [0.2, 0.25) is 0 Å². The maximum Gasteiger partial charge on any atom is 0.322 e. The Morgan fingerprint density at radius 2 is 2.40 bits per heavy atom. The summed E-state index contributed by atoms with van der Waals surface area (Å²) in [6.45, 7) is 3.88. The van der Waals surface area contributed by atoms with Crippen LogP contribution in [0.1, 0.15) is 13.3 Å². The molecule has 1 aromatic carbocycles. The number of morpholine rings is 1. The highest BCUT2D eigenvalue weighted by Gasteiger charge is 2.26. The van der Waals surface area contributed by atoms with Gasteiger partial charge in [0.25, 0.3) is 0 Å². The number of nitrogens with one attached hydrogen (secondary N) is 1. The number of amides is 2. The topological polar surface area (TPSA) is 50.8 Å². The summed E-state index contributed by atoms with van der Waals surface area (Å²) in [6.07, 6.45) is 0.886. The summed E-state index contributed by atoms with van der Waals surface area (Å²) in [5.74, 6) is 0.743. The number of nitrogens with zero attached hydrogens (tertiary/aromatic N) is 1. The first-order valence-electron chi connectivity index (χ1n) is 6.64. The number of anilines is 1. The molecule has 1 aliphatic rings. The summed E-state index contributed by atoms with van der Waals surface area (Å²) >= 11 is 3.43. The number of benzene rings is 1. The van der Waals surface area contributed by atoms with E-state index in [-0.39, 0.29) is 12.1 Å². The van der Waals surface area contributed by atoms with Crippen molar-refractivity contribution in [3.63, 3.8) is 0 Å². The molecule has 1 fully saturated rings. The molecule has 2 rings (SSSR count). The van der Waals surface area contributed by atoms with Gasteiger partial charge in [0, 0.05) is 11.0 Å². The highest BCUT2D eigenvalue weighted by molar-refractivity contribution is 9.10. The minimum Gasteiger partial charge on any atom is -0.497 e. The standard InChI is InChI=1S/C14H19BrN2O3/c1-3-10-9-20-7-6-17(10)14(18)16-13-5-4-11(19-2)8-12(13)15/h4-5,8,10H,3,6-7,9H2,1-2H3,(H,16,18). The fourth-order valence-corrected chi connectivity index (χ4v) is 2.63. The van der Waals surface area contributed by atoms with Crippen molar-refractivity contribution in [2.45, 2.75) is 19.4 Å². The first-order valence-corrected chi connectivity index (χ1v) is 7.44. The van der Waals surface area contributed by atoms with Gasteiger partial charge >= 0.3 is 6.03 Å². The van der Waals surface area contributed by atoms with Gasteiger partial charge in [0.15, 0.2) is 0 Å². The van der Waals surface area contributed by atoms with E-state index in [1.807, 2.05) is 23.1 Å². The summed E-state index contributed by atoms with van der Waals surface area (Å²) in [6, 6.07) is 5.51. The SMILES string of the molecule is CCC1COCCN1C(=O)Nc1ccc(OC)cc1Br. The van der Waals surface area contributed by atoms with E-state index in [0.29, 0.717) is 19.8 Å². The summed E-state index contributed by atoms with van der Waals surface area (Å²) in [5.41, 5.74) is 0.733. The third kappa shape index (κ3) is 3.43. The lowest BCUT2D eigenvalue weighted by Gasteiger charge is -2.35. The van der Waals surface area contributed by atoms with Crippen molar-refractivity contribution in [1.82, 2.24) is 4.90 Å². The molecule has 0 saturated carbocycles. The lowest BCUT2D eigenvalue weighted by atomic mass is 10.2. The van der Waals surface area contributed by atoms with Gasteiger partial charge in [0.05, 0.1) is 32.1 Å². The van der Waals surface area contributed by atoms with E-state index in [2.05, 4.69) is 28.2 Å². The average Bonchev–Trinajstić information content (AvgIpc) is 2.49. The zero-order valence-electron chi connectivity index (χ0n) is 11.7. The third-order valence-corrected chi connectivity index (χ3v) is 4.03. The molecule has 1 atom stereocenters. The number of halogens is 1. The van der Waals surface area contributed by atoms with Crippen molar-refractivity contribution in [2.24, 2.45) is 0 Å². The maximum absolute atomic E-state index is 12.4. The summed E-state index contributed by atoms with van der Waals surface area (Å²) in [7, 11) is 1.61. The van der Waals surface area contributed by atoms with E-state index >= 15 is 0 Å². The van der Waals surface area contributed by atoms with E-state index in [1.165, 1.54) is 0 Å². The Labute approximate surface area is 127 Å². The van der Waals surface area contributed by atoms with Crippen molar-refractivity contribution in [3.8, 4) is 5.75 Å². The molecule has 5 nitrogen and oxygen atoms in total. The molecule has 2 amide bonds. The molecule has 0 bridgehead atoms. The number of ether oxygens (including phenoxy) is 2. The van der Waals surface area contributed by atoms with Gasteiger partial charge in [-0.15, -0.1) is 0 Å². The zero-order chi connectivity index (χ0) is 14.5. The predicted molar refractivity (Wildman–Crippen MR) is 81.3 cm³/mol. The normalized spacial score (nSPS) is 18.8. The monoisotopic (exact) mass is 342 g/mol. The molecule has 1 aliphatic heterocycles. The van der Waals surface area contributed by atoms with Gasteiger partial charge in [-0.1, -0.05) is 6.92 Å². The molecule has 0 spiro atoms. The molecule has 0 radical (unpaired) electrons. The first-order chi connectivity index (χ1) is 9.65. The largest absolute Gasteiger partial charge is 0.497 e. The van der Waals surface area contributed by atoms with Crippen LogP contribution >= 0.6 is 15.9 Å². The Balaban J connectivity index is 2.07. The molecule has 0 aromatic heterocycles. The zero-order valence-corrected chi connectivity index (χ0v) is 13.3. The van der Waals surface area contributed by atoms with Crippen molar-refractivity contribution < 1.29 is 14.3 Å². The number of methoxy groups -OCH3 is 1. The number of hydrogen-bond acceptors (Lipinski definition) is 3. The van der Waals surface area contributed by atoms with Gasteiger partial charge in [0.2, 0.25) is 0 Å². The second-order valence-electron chi connectivity index (χ2n) is 4.61. The van der Waals surface area contributed by atoms with Gasteiger partial charge in [0.1, 0.15) is 5.75 Å². The van der Waals surface area contributed by atoms with E-state index in [1.54, 1.807) is 7.11 Å². The maximum atomic E-state index is 12.4. The number of carbonyl (C=O) groups is 1. The van der Waals surface area contributed by atoms with Crippen LogP contribution < -0.4 is 10.1 Å². The summed E-state index contributed by atoms with van der Waals surface area (Å²) in [5, 5.41) is 2.92. The van der Waals surface area contributed by atoms with Gasteiger partial charge < -0.3 is 19.7 Å². The summed E-state index contributed by atoms with van der Waals surface area (Å²) in [4.78, 5) is 14.2. The van der Waals surface area contributed by atoms with Crippen molar-refractivity contribution >= 4 is 27.6 Å². The smallest absolute Gasteiger partial charge is 0.322 e. The fourth-order valence-electron chi connectivity index (χ4n) is 2.17. The van der Waals surface area contributed by atoms with E-state index in [9.17, 15) is 4.79 Å². The molecule has 6 heteroatoms. The lowest BCUT2D eigenvalue weighted by molar-refractivity contribution is 0.0144. The minimum atomic E-state index is -0.0917. The van der Waals surface area contributed by atoms with Crippen LogP contribution in [0.15, 0.2) is 22.7 Å². The molecule has 20 heavy (non-hydrogen) atoms. The van der Waals surface area contributed by atoms with Crippen LogP contribution in [-0.2, 0) is 4.74 Å². The molecular formula is C14H19BrN2O3. The fraction of sp³-hybridized carbons (Fsp3) is 0.500. The predicted octanol–water partition coefficient (Wildman–Crippen LogP) is 3.10. The number of rotatable bonds is 3. The minimum absolute atomic E-state index is 0.0917. The quantitative estimate of drug-likeness (QED) is 0.918. The van der Waals surface area contributed by atoms with Gasteiger partial charge in [-0.3, -0.25) is 0 Å². The van der Waals surface area contributed by atoms with Gasteiger partial charge in [-0.2, -0.15) is 0 Å². The second kappa shape index (κ2) is 6.95. The Bertz CT molecular complexity index is 481. The van der Waals surface area contributed by atoms with Crippen molar-refractivity contribution in [2.75, 3.05) is 32.2 Å². The second-order valence-corrected chi connectivity index (χ2v) is 5.46. The van der Waals surface area contributed by atoms with Crippen molar-refractivity contribution in [1.29, 1.82) is 0 Å². The third-order valence-electron chi connectivity index (χ3n) is 3.38. The van der Waals surface area contributed by atoms with Crippen LogP contribution in [0, 0.1) is 0 Å². The van der Waals surface area contributed by atoms with Crippen molar-refractivity contribution in [3.05, 3.63) is 22.7 Å². The van der Waals surface area contributed by atoms with Gasteiger partial charge in [-0.05, 0) is 40.5 Å². The summed E-state index contributed by atoms with van der Waals surface area (Å²) < 4.78 is 11.3. The molecule has 1 saturated heterocycles. The first kappa shape index (κ1) is 15.1. The Hall–Kier alpha value is -1.27. The van der Waals surface area contributed by atoms with Crippen LogP contribution in [0.5, 0.6) is 5.75 Å². The Morgan fingerprint density at radius 3 is 3.05 bits per heavy atom. The van der Waals surface area contributed by atoms with Crippen LogP contribution in [0.25, 0.3) is 0 Å². The van der Waals surface area contributed by atoms with Gasteiger partial charge in [-0.25, -0.2) is 4.79 Å². The molecule has 110 valence electrons. The molecular weight excluding hydrogens is 324 g/mol. The molecule has 1 heterocycles. The number of hydrogen-bond donors (Lipinski definition) is 1. The van der Waals surface area contributed by atoms with E-state index in [4.69, 9.17) is 9.47 Å². The number of carbonyl (C=O) groups excluding carboxylic acids is 1. The van der Waals surface area contributed by atoms with Crippen LogP contribution in [0.4, 0.5) is 10.5 Å². The molecule has 1 aromatic rings. The Morgan fingerprint density at radius 1 is 1.60 bits per heavy atom. The lowest BCUT2D eigenvalue weighted by Crippen LogP contribution is -2.50. The highest BCUT2D eigenvalue weighted by Crippen LogP contribution is 2.27.